The minimum absolute atomic E-state index is 0.0657. The second-order valence-electron chi connectivity index (χ2n) is 17.3. The molecule has 0 unspecified atom stereocenters. The number of esters is 3. The first-order valence-corrected chi connectivity index (χ1v) is 23.7. The smallest absolute Gasteiger partial charge is 0.306 e. The van der Waals surface area contributed by atoms with Crippen molar-refractivity contribution in [1.82, 2.24) is 0 Å². The number of hydrogen-bond donors (Lipinski definition) is 0. The third-order valence-corrected chi connectivity index (χ3v) is 10.7. The molecule has 0 rings (SSSR count). The van der Waals surface area contributed by atoms with Gasteiger partial charge in [0.1, 0.15) is 13.2 Å². The maximum Gasteiger partial charge on any atom is 0.306 e. The van der Waals surface area contributed by atoms with Crippen molar-refractivity contribution in [1.29, 1.82) is 0 Å². The van der Waals surface area contributed by atoms with Crippen LogP contribution in [-0.4, -0.2) is 37.2 Å². The van der Waals surface area contributed by atoms with Crippen molar-refractivity contribution >= 4 is 17.9 Å². The molecule has 0 aliphatic heterocycles. The van der Waals surface area contributed by atoms with E-state index in [0.717, 1.165) is 76.0 Å². The summed E-state index contributed by atoms with van der Waals surface area (Å²) in [5.74, 6) is 0.803. The van der Waals surface area contributed by atoms with E-state index in [1.165, 1.54) is 141 Å². The van der Waals surface area contributed by atoms with Crippen molar-refractivity contribution in [3.8, 4) is 0 Å². The van der Waals surface area contributed by atoms with Crippen LogP contribution in [0.3, 0.4) is 0 Å². The Bertz CT molecular complexity index is 824. The lowest BCUT2D eigenvalue weighted by Crippen LogP contribution is -2.30. The first-order chi connectivity index (χ1) is 26.2. The average molecular weight is 765 g/mol. The fourth-order valence-electron chi connectivity index (χ4n) is 7.11. The summed E-state index contributed by atoms with van der Waals surface area (Å²) in [6.45, 7) is 11.3. The Balaban J connectivity index is 4.10. The molecule has 1 atom stereocenters. The topological polar surface area (TPSA) is 78.9 Å². The normalized spacial score (nSPS) is 12.1. The first-order valence-electron chi connectivity index (χ1n) is 23.7. The Morgan fingerprint density at radius 3 is 0.907 bits per heavy atom. The summed E-state index contributed by atoms with van der Waals surface area (Å²) >= 11 is 0. The van der Waals surface area contributed by atoms with Crippen LogP contribution in [-0.2, 0) is 28.6 Å². The molecule has 0 saturated heterocycles. The molecule has 0 amide bonds. The van der Waals surface area contributed by atoms with Gasteiger partial charge in [0.25, 0.3) is 0 Å². The second-order valence-corrected chi connectivity index (χ2v) is 17.3. The van der Waals surface area contributed by atoms with Crippen LogP contribution >= 0.6 is 0 Å². The Hall–Kier alpha value is -1.59. The van der Waals surface area contributed by atoms with Crippen molar-refractivity contribution in [2.24, 2.45) is 11.8 Å². The SMILES string of the molecule is CCCCCCCC(=O)O[C@@H](COC(=O)CCCCCCCCCCCCCCCCC(C)C)COC(=O)CCCCCCCCCCCCCC(C)C. The molecule has 0 aromatic heterocycles. The lowest BCUT2D eigenvalue weighted by atomic mass is 10.0. The summed E-state index contributed by atoms with van der Waals surface area (Å²) in [5, 5.41) is 0. The molecule has 0 saturated carbocycles. The van der Waals surface area contributed by atoms with Gasteiger partial charge in [-0.1, -0.05) is 221 Å². The highest BCUT2D eigenvalue weighted by Gasteiger charge is 2.19. The zero-order chi connectivity index (χ0) is 39.7. The summed E-state index contributed by atoms with van der Waals surface area (Å²) < 4.78 is 16.6. The van der Waals surface area contributed by atoms with Crippen molar-refractivity contribution in [3.05, 3.63) is 0 Å². The zero-order valence-corrected chi connectivity index (χ0v) is 36.8. The van der Waals surface area contributed by atoms with Gasteiger partial charge >= 0.3 is 17.9 Å². The highest BCUT2D eigenvalue weighted by atomic mass is 16.6. The predicted octanol–water partition coefficient (Wildman–Crippen LogP) is 15.0. The van der Waals surface area contributed by atoms with Gasteiger partial charge in [0, 0.05) is 19.3 Å². The van der Waals surface area contributed by atoms with E-state index in [0.29, 0.717) is 19.3 Å². The molecule has 0 N–H and O–H groups in total. The van der Waals surface area contributed by atoms with E-state index in [9.17, 15) is 14.4 Å². The molecule has 320 valence electrons. The Kier molecular flexibility index (Phi) is 39.8. The van der Waals surface area contributed by atoms with Crippen LogP contribution in [0.4, 0.5) is 0 Å². The molecular formula is C48H92O6. The minimum atomic E-state index is -0.758. The van der Waals surface area contributed by atoms with Gasteiger partial charge in [-0.15, -0.1) is 0 Å². The van der Waals surface area contributed by atoms with Crippen LogP contribution in [0, 0.1) is 11.8 Å². The number of unbranched alkanes of at least 4 members (excludes halogenated alkanes) is 27. The molecule has 0 spiro atoms. The number of carbonyl (C=O) groups excluding carboxylic acids is 3. The van der Waals surface area contributed by atoms with Crippen LogP contribution in [0.25, 0.3) is 0 Å². The molecule has 0 fully saturated rings. The maximum atomic E-state index is 12.5. The third-order valence-electron chi connectivity index (χ3n) is 10.7. The molecule has 0 aliphatic carbocycles. The van der Waals surface area contributed by atoms with Crippen molar-refractivity contribution in [2.75, 3.05) is 13.2 Å². The summed E-state index contributed by atoms with van der Waals surface area (Å²) in [5.41, 5.74) is 0. The van der Waals surface area contributed by atoms with Crippen LogP contribution in [0.5, 0.6) is 0 Å². The van der Waals surface area contributed by atoms with Crippen molar-refractivity contribution < 1.29 is 28.6 Å². The number of rotatable bonds is 42. The minimum Gasteiger partial charge on any atom is -0.462 e. The van der Waals surface area contributed by atoms with Gasteiger partial charge in [0.15, 0.2) is 6.10 Å². The van der Waals surface area contributed by atoms with E-state index >= 15 is 0 Å². The van der Waals surface area contributed by atoms with Gasteiger partial charge in [-0.2, -0.15) is 0 Å². The van der Waals surface area contributed by atoms with Crippen LogP contribution < -0.4 is 0 Å². The molecule has 0 radical (unpaired) electrons. The van der Waals surface area contributed by atoms with Gasteiger partial charge in [-0.05, 0) is 31.1 Å². The molecule has 6 heteroatoms. The molecule has 0 heterocycles. The number of carbonyl (C=O) groups is 3. The predicted molar refractivity (Wildman–Crippen MR) is 229 cm³/mol. The van der Waals surface area contributed by atoms with Crippen molar-refractivity contribution in [3.63, 3.8) is 0 Å². The Morgan fingerprint density at radius 1 is 0.352 bits per heavy atom. The van der Waals surface area contributed by atoms with E-state index in [-0.39, 0.29) is 31.1 Å². The van der Waals surface area contributed by atoms with Crippen LogP contribution in [0.15, 0.2) is 0 Å². The quantitative estimate of drug-likeness (QED) is 0.0350. The first kappa shape index (κ1) is 52.4. The van der Waals surface area contributed by atoms with Crippen LogP contribution in [0.2, 0.25) is 0 Å². The third kappa shape index (κ3) is 41.6. The van der Waals surface area contributed by atoms with E-state index in [1.807, 2.05) is 0 Å². The van der Waals surface area contributed by atoms with E-state index in [2.05, 4.69) is 34.6 Å². The molecule has 6 nitrogen and oxygen atoms in total. The van der Waals surface area contributed by atoms with E-state index < -0.39 is 6.10 Å². The second kappa shape index (κ2) is 41.1. The molecule has 0 bridgehead atoms. The monoisotopic (exact) mass is 765 g/mol. The Labute approximate surface area is 336 Å². The van der Waals surface area contributed by atoms with Gasteiger partial charge in [-0.3, -0.25) is 14.4 Å². The highest BCUT2D eigenvalue weighted by molar-refractivity contribution is 5.71. The summed E-state index contributed by atoms with van der Waals surface area (Å²) in [6, 6.07) is 0. The zero-order valence-electron chi connectivity index (χ0n) is 36.8. The lowest BCUT2D eigenvalue weighted by molar-refractivity contribution is -0.167. The molecule has 0 aromatic carbocycles. The molecular weight excluding hydrogens is 673 g/mol. The largest absolute Gasteiger partial charge is 0.462 e. The van der Waals surface area contributed by atoms with Gasteiger partial charge < -0.3 is 14.2 Å². The molecule has 0 aromatic rings. The van der Waals surface area contributed by atoms with Crippen LogP contribution in [0.1, 0.15) is 259 Å². The average Bonchev–Trinajstić information content (AvgIpc) is 3.14. The standard InChI is InChI=1S/C48H92O6/c1-6-7-8-26-35-40-48(51)54-45(42-53-47(50)39-34-30-25-21-17-13-15-19-23-28-32-37-44(4)5)41-52-46(49)38-33-29-24-20-16-12-10-9-11-14-18-22-27-31-36-43(2)3/h43-45H,6-42H2,1-5H3/t45-/m0/s1. The van der Waals surface area contributed by atoms with Gasteiger partial charge in [0.2, 0.25) is 0 Å². The fraction of sp³-hybridized carbons (Fsp3) is 0.938. The number of hydrogen-bond acceptors (Lipinski definition) is 6. The summed E-state index contributed by atoms with van der Waals surface area (Å²) in [6.07, 6.45) is 39.8. The number of ether oxygens (including phenoxy) is 3. The maximum absolute atomic E-state index is 12.5. The van der Waals surface area contributed by atoms with Gasteiger partial charge in [0.05, 0.1) is 0 Å². The molecule has 0 aliphatic rings. The van der Waals surface area contributed by atoms with Crippen molar-refractivity contribution in [2.45, 2.75) is 265 Å². The Morgan fingerprint density at radius 2 is 0.611 bits per heavy atom. The highest BCUT2D eigenvalue weighted by Crippen LogP contribution is 2.17. The summed E-state index contributed by atoms with van der Waals surface area (Å²) in [7, 11) is 0. The van der Waals surface area contributed by atoms with E-state index in [4.69, 9.17) is 14.2 Å². The van der Waals surface area contributed by atoms with Gasteiger partial charge in [-0.25, -0.2) is 0 Å². The summed E-state index contributed by atoms with van der Waals surface area (Å²) in [4.78, 5) is 37.5. The molecule has 54 heavy (non-hydrogen) atoms. The fourth-order valence-corrected chi connectivity index (χ4v) is 7.11. The lowest BCUT2D eigenvalue weighted by Gasteiger charge is -2.18. The van der Waals surface area contributed by atoms with E-state index in [1.54, 1.807) is 0 Å².